The highest BCUT2D eigenvalue weighted by atomic mass is 35.5. The number of hydrogen-bond donors (Lipinski definition) is 1. The fraction of sp³-hybridized carbons (Fsp3) is 0.435. The second kappa shape index (κ2) is 6.27. The minimum absolute atomic E-state index is 0.223. The summed E-state index contributed by atoms with van der Waals surface area (Å²) < 4.78 is 6.07. The summed E-state index contributed by atoms with van der Waals surface area (Å²) in [7, 11) is 0. The lowest BCUT2D eigenvalue weighted by atomic mass is 9.65. The molecule has 0 saturated heterocycles. The Balaban J connectivity index is 1.34. The number of ether oxygens (including phenoxy) is 1. The highest BCUT2D eigenvalue weighted by molar-refractivity contribution is 6.31. The van der Waals surface area contributed by atoms with Crippen LogP contribution in [0.4, 0.5) is 0 Å². The highest BCUT2D eigenvalue weighted by Gasteiger charge is 2.44. The number of aryl methyl sites for hydroxylation is 1. The maximum Gasteiger partial charge on any atom is 0.123 e. The van der Waals surface area contributed by atoms with Crippen LogP contribution in [0, 0.1) is 12.8 Å². The SMILES string of the molecule is Cc1ccc2c(c1)OCC21CCC(C(C)c2nc3ccc(Cl)cc3[nH]2)CC1. The maximum absolute atomic E-state index is 6.12. The third kappa shape index (κ3) is 2.84. The first kappa shape index (κ1) is 17.1. The molecule has 1 spiro atoms. The molecular formula is C23H25ClN2O. The molecule has 2 aliphatic rings. The third-order valence-electron chi connectivity index (χ3n) is 6.80. The topological polar surface area (TPSA) is 37.9 Å². The molecule has 1 N–H and O–H groups in total. The summed E-state index contributed by atoms with van der Waals surface area (Å²) in [6.45, 7) is 5.29. The number of nitrogens with zero attached hydrogens (tertiary/aromatic N) is 1. The molecular weight excluding hydrogens is 356 g/mol. The van der Waals surface area contributed by atoms with Gasteiger partial charge in [-0.3, -0.25) is 0 Å². The van der Waals surface area contributed by atoms with Crippen LogP contribution in [-0.4, -0.2) is 16.6 Å². The minimum Gasteiger partial charge on any atom is -0.492 e. The van der Waals surface area contributed by atoms with Gasteiger partial charge in [-0.15, -0.1) is 0 Å². The fourth-order valence-electron chi connectivity index (χ4n) is 5.03. The van der Waals surface area contributed by atoms with Gasteiger partial charge in [0.2, 0.25) is 0 Å². The summed E-state index contributed by atoms with van der Waals surface area (Å²) in [5.74, 6) is 3.28. The zero-order valence-corrected chi connectivity index (χ0v) is 16.6. The van der Waals surface area contributed by atoms with Crippen molar-refractivity contribution in [1.82, 2.24) is 9.97 Å². The number of halogens is 1. The van der Waals surface area contributed by atoms with Crippen molar-refractivity contribution in [2.75, 3.05) is 6.61 Å². The van der Waals surface area contributed by atoms with E-state index in [9.17, 15) is 0 Å². The molecule has 1 unspecified atom stereocenters. The lowest BCUT2D eigenvalue weighted by Gasteiger charge is -2.38. The van der Waals surface area contributed by atoms with Crippen LogP contribution in [-0.2, 0) is 5.41 Å². The molecule has 0 bridgehead atoms. The Hall–Kier alpha value is -2.00. The summed E-state index contributed by atoms with van der Waals surface area (Å²) in [5.41, 5.74) is 4.96. The molecule has 1 aromatic heterocycles. The minimum atomic E-state index is 0.223. The van der Waals surface area contributed by atoms with E-state index in [1.165, 1.54) is 36.8 Å². The molecule has 1 aliphatic carbocycles. The van der Waals surface area contributed by atoms with E-state index in [-0.39, 0.29) is 5.41 Å². The molecule has 1 fully saturated rings. The number of benzene rings is 2. The van der Waals surface area contributed by atoms with Gasteiger partial charge in [0, 0.05) is 21.9 Å². The van der Waals surface area contributed by atoms with Gasteiger partial charge in [0.05, 0.1) is 17.6 Å². The lowest BCUT2D eigenvalue weighted by Crippen LogP contribution is -2.34. The number of aromatic nitrogens is 2. The van der Waals surface area contributed by atoms with Crippen molar-refractivity contribution < 1.29 is 4.74 Å². The molecule has 0 radical (unpaired) electrons. The second-order valence-electron chi connectivity index (χ2n) is 8.48. The van der Waals surface area contributed by atoms with E-state index in [1.807, 2.05) is 18.2 Å². The quantitative estimate of drug-likeness (QED) is 0.579. The van der Waals surface area contributed by atoms with Gasteiger partial charge in [0.25, 0.3) is 0 Å². The van der Waals surface area contributed by atoms with Crippen LogP contribution in [0.5, 0.6) is 5.75 Å². The largest absolute Gasteiger partial charge is 0.492 e. The van der Waals surface area contributed by atoms with Crippen molar-refractivity contribution in [2.24, 2.45) is 5.92 Å². The molecule has 1 aliphatic heterocycles. The van der Waals surface area contributed by atoms with Gasteiger partial charge >= 0.3 is 0 Å². The molecule has 3 nitrogen and oxygen atoms in total. The highest BCUT2D eigenvalue weighted by Crippen LogP contribution is 2.51. The van der Waals surface area contributed by atoms with E-state index in [1.54, 1.807) is 0 Å². The van der Waals surface area contributed by atoms with Gasteiger partial charge in [0.15, 0.2) is 0 Å². The van der Waals surface area contributed by atoms with Gasteiger partial charge in [-0.2, -0.15) is 0 Å². The molecule has 3 aromatic rings. The van der Waals surface area contributed by atoms with Gasteiger partial charge < -0.3 is 9.72 Å². The molecule has 2 aromatic carbocycles. The van der Waals surface area contributed by atoms with Gasteiger partial charge in [-0.05, 0) is 68.4 Å². The smallest absolute Gasteiger partial charge is 0.123 e. The Kier molecular flexibility index (Phi) is 3.98. The number of hydrogen-bond acceptors (Lipinski definition) is 2. The standard InChI is InChI=1S/C23H25ClN2O/c1-14-3-5-18-21(11-14)27-13-23(18)9-7-16(8-10-23)15(2)22-25-19-6-4-17(24)12-20(19)26-22/h3-6,11-12,15-16H,7-10,13H2,1-2H3,(H,25,26). The predicted molar refractivity (Wildman–Crippen MR) is 110 cm³/mol. The van der Waals surface area contributed by atoms with Crippen molar-refractivity contribution in [3.63, 3.8) is 0 Å². The summed E-state index contributed by atoms with van der Waals surface area (Å²) in [4.78, 5) is 8.32. The van der Waals surface area contributed by atoms with E-state index in [4.69, 9.17) is 21.3 Å². The van der Waals surface area contributed by atoms with Crippen molar-refractivity contribution in [1.29, 1.82) is 0 Å². The van der Waals surface area contributed by atoms with Gasteiger partial charge in [-0.25, -0.2) is 4.98 Å². The van der Waals surface area contributed by atoms with Crippen molar-refractivity contribution in [3.8, 4) is 5.75 Å². The first-order valence-corrected chi connectivity index (χ1v) is 10.3. The number of nitrogens with one attached hydrogen (secondary N) is 1. The van der Waals surface area contributed by atoms with Crippen LogP contribution in [0.3, 0.4) is 0 Å². The molecule has 2 heterocycles. The normalized spacial score (nSPS) is 25.5. The van der Waals surface area contributed by atoms with Crippen LogP contribution >= 0.6 is 11.6 Å². The van der Waals surface area contributed by atoms with E-state index in [2.05, 4.69) is 37.0 Å². The molecule has 4 heteroatoms. The lowest BCUT2D eigenvalue weighted by molar-refractivity contribution is 0.169. The average molecular weight is 381 g/mol. The van der Waals surface area contributed by atoms with Crippen molar-refractivity contribution in [2.45, 2.75) is 50.9 Å². The van der Waals surface area contributed by atoms with E-state index < -0.39 is 0 Å². The Labute approximate surface area is 165 Å². The second-order valence-corrected chi connectivity index (χ2v) is 8.91. The number of H-pyrrole nitrogens is 1. The predicted octanol–water partition coefficient (Wildman–Crippen LogP) is 6.15. The van der Waals surface area contributed by atoms with Gasteiger partial charge in [0.1, 0.15) is 11.6 Å². The maximum atomic E-state index is 6.12. The molecule has 27 heavy (non-hydrogen) atoms. The van der Waals surface area contributed by atoms with Crippen LogP contribution in [0.15, 0.2) is 36.4 Å². The molecule has 0 amide bonds. The number of imidazole rings is 1. The van der Waals surface area contributed by atoms with Gasteiger partial charge in [-0.1, -0.05) is 30.7 Å². The van der Waals surface area contributed by atoms with Crippen LogP contribution in [0.1, 0.15) is 55.5 Å². The summed E-state index contributed by atoms with van der Waals surface area (Å²) in [5, 5.41) is 0.750. The number of fused-ring (bicyclic) bond motifs is 3. The summed E-state index contributed by atoms with van der Waals surface area (Å²) >= 11 is 6.12. The fourth-order valence-corrected chi connectivity index (χ4v) is 5.20. The summed E-state index contributed by atoms with van der Waals surface area (Å²) in [6.07, 6.45) is 4.83. The van der Waals surface area contributed by atoms with Crippen LogP contribution < -0.4 is 4.74 Å². The van der Waals surface area contributed by atoms with E-state index >= 15 is 0 Å². The molecule has 1 atom stereocenters. The van der Waals surface area contributed by atoms with Crippen molar-refractivity contribution >= 4 is 22.6 Å². The Morgan fingerprint density at radius 3 is 2.81 bits per heavy atom. The Morgan fingerprint density at radius 1 is 1.19 bits per heavy atom. The zero-order valence-electron chi connectivity index (χ0n) is 15.9. The third-order valence-corrected chi connectivity index (χ3v) is 7.04. The Bertz CT molecular complexity index is 1000. The average Bonchev–Trinajstić information content (AvgIpc) is 3.23. The molecule has 140 valence electrons. The first-order chi connectivity index (χ1) is 13.0. The monoisotopic (exact) mass is 380 g/mol. The summed E-state index contributed by atoms with van der Waals surface area (Å²) in [6, 6.07) is 12.6. The van der Waals surface area contributed by atoms with Crippen LogP contribution in [0.25, 0.3) is 11.0 Å². The first-order valence-electron chi connectivity index (χ1n) is 9.93. The van der Waals surface area contributed by atoms with E-state index in [0.717, 1.165) is 34.2 Å². The Morgan fingerprint density at radius 2 is 2.00 bits per heavy atom. The zero-order chi connectivity index (χ0) is 18.6. The number of aromatic amines is 1. The van der Waals surface area contributed by atoms with Crippen LogP contribution in [0.2, 0.25) is 5.02 Å². The number of rotatable bonds is 2. The van der Waals surface area contributed by atoms with Crippen molar-refractivity contribution in [3.05, 3.63) is 58.4 Å². The molecule has 5 rings (SSSR count). The molecule has 1 saturated carbocycles. The van der Waals surface area contributed by atoms with E-state index in [0.29, 0.717) is 11.8 Å².